The third-order valence-corrected chi connectivity index (χ3v) is 1.50. The second-order valence-corrected chi connectivity index (χ2v) is 2.49. The first kappa shape index (κ1) is 16.5. The molecule has 0 aliphatic carbocycles. The molecule has 0 spiro atoms. The summed E-state index contributed by atoms with van der Waals surface area (Å²) in [5, 5.41) is 53.4. The zero-order valence-corrected chi connectivity index (χ0v) is 8.69. The van der Waals surface area contributed by atoms with Gasteiger partial charge in [0.15, 0.2) is 0 Å². The van der Waals surface area contributed by atoms with Gasteiger partial charge in [-0.05, 0) is 0 Å². The molecule has 0 heterocycles. The van der Waals surface area contributed by atoms with Crippen LogP contribution in [0.15, 0.2) is 0 Å². The van der Waals surface area contributed by atoms with Crippen LogP contribution in [0.1, 0.15) is 0 Å². The van der Waals surface area contributed by atoms with Crippen molar-refractivity contribution in [2.75, 3.05) is 6.61 Å². The van der Waals surface area contributed by atoms with E-state index in [9.17, 15) is 9.90 Å². The zero-order valence-electron chi connectivity index (χ0n) is 7.28. The van der Waals surface area contributed by atoms with Gasteiger partial charge in [-0.2, -0.15) is 0 Å². The number of carbonyl (C=O) groups is 1. The Morgan fingerprint density at radius 1 is 1.14 bits per heavy atom. The van der Waals surface area contributed by atoms with E-state index in [0.29, 0.717) is 0 Å². The summed E-state index contributed by atoms with van der Waals surface area (Å²) in [5.41, 5.74) is 0. The van der Waals surface area contributed by atoms with E-state index in [-0.39, 0.29) is 23.1 Å². The minimum atomic E-state index is -2.31. The maximum atomic E-state index is 9.98. The second-order valence-electron chi connectivity index (χ2n) is 2.49. The summed E-state index contributed by atoms with van der Waals surface area (Å²) >= 11 is 0. The van der Waals surface area contributed by atoms with E-state index in [0.717, 1.165) is 0 Å². The average molecular weight is 219 g/mol. The number of aliphatic hydroxyl groups is 5. The van der Waals surface area contributed by atoms with Gasteiger partial charge in [-0.1, -0.05) is 0 Å². The number of hydrogen-bond donors (Lipinski definition) is 5. The van der Waals surface area contributed by atoms with Crippen molar-refractivity contribution in [1.82, 2.24) is 0 Å². The molecular weight excluding hydrogens is 208 g/mol. The summed E-state index contributed by atoms with van der Waals surface area (Å²) in [4.78, 5) is 9.98. The molecule has 0 bridgehead atoms. The van der Waals surface area contributed by atoms with Crippen molar-refractivity contribution in [2.45, 2.75) is 24.4 Å². The number of hydrogen-bond acceptors (Lipinski definition) is 7. The third kappa shape index (κ3) is 4.51. The topological polar surface area (TPSA) is 141 Å². The molecule has 5 N–H and O–H groups in total. The van der Waals surface area contributed by atoms with Crippen molar-refractivity contribution < 1.29 is 35.4 Å². The fraction of sp³-hybridized carbons (Fsp3) is 0.833. The molecule has 4 unspecified atom stereocenters. The summed E-state index contributed by atoms with van der Waals surface area (Å²) in [6.45, 7) is -0.863. The third-order valence-electron chi connectivity index (χ3n) is 1.50. The summed E-state index contributed by atoms with van der Waals surface area (Å²) < 4.78 is 0. The fourth-order valence-corrected chi connectivity index (χ4v) is 0.662. The van der Waals surface area contributed by atoms with E-state index < -0.39 is 37.0 Å². The molecule has 0 fully saturated rings. The van der Waals surface area contributed by atoms with Crippen LogP contribution < -0.4 is 5.11 Å². The Morgan fingerprint density at radius 2 is 1.57 bits per heavy atom. The Hall–Kier alpha value is 0.0362. The standard InChI is InChI=1S/C6H12O7.Mg/c7-1-2(8)3(9)4(10)5(11)6(12)13;/h2-5,7-11H,1H2,(H,12,13);/q;+2/p-1. The predicted octanol–water partition coefficient (Wildman–Crippen LogP) is -5.21. The van der Waals surface area contributed by atoms with Gasteiger partial charge in [-0.25, -0.2) is 0 Å². The SMILES string of the molecule is O=C([O-])C(O)C(O)C(O)C(O)CO.[Mg+2]. The molecule has 14 heavy (non-hydrogen) atoms. The van der Waals surface area contributed by atoms with E-state index in [1.807, 2.05) is 0 Å². The van der Waals surface area contributed by atoms with E-state index in [1.165, 1.54) is 0 Å². The number of aliphatic carboxylic acids is 1. The molecule has 0 aliphatic heterocycles. The maximum absolute atomic E-state index is 9.98. The zero-order chi connectivity index (χ0) is 10.6. The molecule has 0 aromatic heterocycles. The van der Waals surface area contributed by atoms with Crippen molar-refractivity contribution in [2.24, 2.45) is 0 Å². The summed E-state index contributed by atoms with van der Waals surface area (Å²) in [5.74, 6) is -1.98. The molecule has 8 heteroatoms. The van der Waals surface area contributed by atoms with E-state index >= 15 is 0 Å². The number of aliphatic hydroxyl groups excluding tert-OH is 5. The van der Waals surface area contributed by atoms with Crippen LogP contribution >= 0.6 is 0 Å². The summed E-state index contributed by atoms with van der Waals surface area (Å²) in [7, 11) is 0. The molecule has 7 nitrogen and oxygen atoms in total. The number of carboxylic acids is 1. The van der Waals surface area contributed by atoms with Gasteiger partial charge in [-0.15, -0.1) is 0 Å². The van der Waals surface area contributed by atoms with Crippen molar-refractivity contribution in [3.8, 4) is 0 Å². The minimum Gasteiger partial charge on any atom is -0.547 e. The monoisotopic (exact) mass is 219 g/mol. The van der Waals surface area contributed by atoms with Crippen LogP contribution in [0, 0.1) is 0 Å². The van der Waals surface area contributed by atoms with Gasteiger partial charge in [0, 0.05) is 0 Å². The smallest absolute Gasteiger partial charge is 0.547 e. The van der Waals surface area contributed by atoms with Crippen LogP contribution in [-0.2, 0) is 4.79 Å². The van der Waals surface area contributed by atoms with Gasteiger partial charge in [0.05, 0.1) is 12.6 Å². The fourth-order valence-electron chi connectivity index (χ4n) is 0.662. The van der Waals surface area contributed by atoms with Gasteiger partial charge >= 0.3 is 23.1 Å². The molecular formula is C6H11MgO7+. The average Bonchev–Trinajstić information content (AvgIpc) is 2.12. The summed E-state index contributed by atoms with van der Waals surface area (Å²) in [6.07, 6.45) is -8.08. The number of rotatable bonds is 5. The summed E-state index contributed by atoms with van der Waals surface area (Å²) in [6, 6.07) is 0. The number of carbonyl (C=O) groups excluding carboxylic acids is 1. The van der Waals surface area contributed by atoms with Crippen LogP contribution in [-0.4, -0.2) is 85.6 Å². The van der Waals surface area contributed by atoms with Gasteiger partial charge < -0.3 is 35.4 Å². The molecule has 0 saturated carbocycles. The van der Waals surface area contributed by atoms with E-state index in [1.54, 1.807) is 0 Å². The Morgan fingerprint density at radius 3 is 1.86 bits per heavy atom. The quantitative estimate of drug-likeness (QED) is 0.291. The molecule has 0 aromatic carbocycles. The van der Waals surface area contributed by atoms with Crippen LogP contribution in [0.25, 0.3) is 0 Å². The van der Waals surface area contributed by atoms with E-state index in [4.69, 9.17) is 25.5 Å². The van der Waals surface area contributed by atoms with Gasteiger partial charge in [0.25, 0.3) is 0 Å². The van der Waals surface area contributed by atoms with Gasteiger partial charge in [0.2, 0.25) is 0 Å². The van der Waals surface area contributed by atoms with Crippen molar-refractivity contribution >= 4 is 29.0 Å². The normalized spacial score (nSPS) is 18.9. The predicted molar refractivity (Wildman–Crippen MR) is 41.9 cm³/mol. The Kier molecular flexibility index (Phi) is 8.64. The number of carboxylic acid groups (broad SMARTS) is 1. The minimum absolute atomic E-state index is 0. The molecule has 0 rings (SSSR count). The van der Waals surface area contributed by atoms with Crippen LogP contribution in [0.2, 0.25) is 0 Å². The van der Waals surface area contributed by atoms with Crippen molar-refractivity contribution in [3.05, 3.63) is 0 Å². The Balaban J connectivity index is 0. The molecule has 0 saturated heterocycles. The molecule has 78 valence electrons. The van der Waals surface area contributed by atoms with Crippen LogP contribution in [0.3, 0.4) is 0 Å². The first-order valence-electron chi connectivity index (χ1n) is 3.45. The second kappa shape index (κ2) is 7.34. The molecule has 0 radical (unpaired) electrons. The Labute approximate surface area is 95.8 Å². The van der Waals surface area contributed by atoms with Crippen molar-refractivity contribution in [1.29, 1.82) is 0 Å². The van der Waals surface area contributed by atoms with E-state index in [2.05, 4.69) is 0 Å². The van der Waals surface area contributed by atoms with Gasteiger partial charge in [-0.3, -0.25) is 0 Å². The largest absolute Gasteiger partial charge is 2.00 e. The maximum Gasteiger partial charge on any atom is 2.00 e. The molecule has 0 amide bonds. The molecule has 4 atom stereocenters. The van der Waals surface area contributed by atoms with Gasteiger partial charge in [0.1, 0.15) is 24.4 Å². The van der Waals surface area contributed by atoms with Crippen molar-refractivity contribution in [3.63, 3.8) is 0 Å². The first-order chi connectivity index (χ1) is 5.91. The molecule has 0 aromatic rings. The molecule has 0 aliphatic rings. The van der Waals surface area contributed by atoms with Crippen LogP contribution in [0.4, 0.5) is 0 Å². The Bertz CT molecular complexity index is 176. The first-order valence-corrected chi connectivity index (χ1v) is 3.45. The van der Waals surface area contributed by atoms with Crippen LogP contribution in [0.5, 0.6) is 0 Å².